The fourth-order valence-electron chi connectivity index (χ4n) is 2.55. The number of furan rings is 1. The van der Waals surface area contributed by atoms with Crippen molar-refractivity contribution >= 4 is 0 Å². The lowest BCUT2D eigenvalue weighted by Gasteiger charge is -2.10. The molecule has 0 saturated heterocycles. The van der Waals surface area contributed by atoms with Gasteiger partial charge in [-0.1, -0.05) is 44.2 Å². The molecule has 0 radical (unpaired) electrons. The average molecular weight is 316 g/mol. The summed E-state index contributed by atoms with van der Waals surface area (Å²) in [5.41, 5.74) is 2.41. The molecule has 0 saturated carbocycles. The van der Waals surface area contributed by atoms with E-state index in [-0.39, 0.29) is 5.92 Å². The average Bonchev–Trinajstić information content (AvgIpc) is 2.92. The Hall–Kier alpha value is -1.58. The van der Waals surface area contributed by atoms with Gasteiger partial charge in [-0.25, -0.2) is 0 Å². The predicted molar refractivity (Wildman–Crippen MR) is 92.3 cm³/mol. The van der Waals surface area contributed by atoms with Crippen LogP contribution in [0.2, 0.25) is 0 Å². The lowest BCUT2D eigenvalue weighted by atomic mass is 10.0. The second-order valence-electron chi connectivity index (χ2n) is 6.41. The van der Waals surface area contributed by atoms with E-state index in [1.807, 2.05) is 45.0 Å². The number of hydrogen-bond donors (Lipinski definition) is 1. The van der Waals surface area contributed by atoms with E-state index in [2.05, 4.69) is 12.1 Å². The van der Waals surface area contributed by atoms with Gasteiger partial charge in [0.15, 0.2) is 0 Å². The van der Waals surface area contributed by atoms with Crippen LogP contribution in [0.3, 0.4) is 0 Å². The molecule has 2 aromatic rings. The Kier molecular flexibility index (Phi) is 6.87. The van der Waals surface area contributed by atoms with Crippen LogP contribution in [-0.2, 0) is 17.8 Å². The Labute approximate surface area is 139 Å². The van der Waals surface area contributed by atoms with Crippen LogP contribution in [0.25, 0.3) is 0 Å². The summed E-state index contributed by atoms with van der Waals surface area (Å²) in [5, 5.41) is 10.1. The van der Waals surface area contributed by atoms with Gasteiger partial charge in [0.2, 0.25) is 0 Å². The number of ether oxygens (including phenoxy) is 1. The lowest BCUT2D eigenvalue weighted by Crippen LogP contribution is -2.03. The van der Waals surface area contributed by atoms with Crippen molar-refractivity contribution in [3.8, 4) is 0 Å². The third-order valence-corrected chi connectivity index (χ3v) is 4.06. The zero-order valence-electron chi connectivity index (χ0n) is 14.4. The molecule has 0 bridgehead atoms. The molecule has 1 unspecified atom stereocenters. The minimum Gasteiger partial charge on any atom is -0.463 e. The Morgan fingerprint density at radius 3 is 2.57 bits per heavy atom. The summed E-state index contributed by atoms with van der Waals surface area (Å²) in [6, 6.07) is 12.2. The smallest absolute Gasteiger partial charge is 0.133 e. The Bertz CT molecular complexity index is 572. The van der Waals surface area contributed by atoms with E-state index >= 15 is 0 Å². The monoisotopic (exact) mass is 316 g/mol. The second kappa shape index (κ2) is 8.90. The maximum absolute atomic E-state index is 10.1. The van der Waals surface area contributed by atoms with Gasteiger partial charge in [0.1, 0.15) is 17.6 Å². The Balaban J connectivity index is 1.68. The van der Waals surface area contributed by atoms with E-state index in [1.165, 1.54) is 11.1 Å². The minimum absolute atomic E-state index is 0.166. The van der Waals surface area contributed by atoms with Crippen molar-refractivity contribution in [2.24, 2.45) is 5.92 Å². The molecular weight excluding hydrogens is 288 g/mol. The molecule has 0 aliphatic carbocycles. The number of aliphatic hydroxyl groups is 1. The summed E-state index contributed by atoms with van der Waals surface area (Å²) < 4.78 is 11.4. The molecule has 0 spiro atoms. The first-order valence-corrected chi connectivity index (χ1v) is 8.47. The van der Waals surface area contributed by atoms with Gasteiger partial charge in [0, 0.05) is 6.61 Å². The standard InChI is InChI=1S/C20H28O3/c1-15(2)20(21)19-13-18(16(3)23-19)11-7-8-12-22-14-17-9-5-4-6-10-17/h4-6,9-10,13,15,20-21H,7-8,11-12,14H2,1-3H3. The quantitative estimate of drug-likeness (QED) is 0.675. The zero-order chi connectivity index (χ0) is 16.7. The highest BCUT2D eigenvalue weighted by Crippen LogP contribution is 2.26. The number of unbranched alkanes of at least 4 members (excludes halogenated alkanes) is 1. The first-order chi connectivity index (χ1) is 11.1. The number of hydrogen-bond acceptors (Lipinski definition) is 3. The Morgan fingerprint density at radius 2 is 1.87 bits per heavy atom. The second-order valence-corrected chi connectivity index (χ2v) is 6.41. The highest BCUT2D eigenvalue weighted by atomic mass is 16.5. The van der Waals surface area contributed by atoms with E-state index in [1.54, 1.807) is 0 Å². The highest BCUT2D eigenvalue weighted by Gasteiger charge is 2.18. The van der Waals surface area contributed by atoms with E-state index in [4.69, 9.17) is 9.15 Å². The van der Waals surface area contributed by atoms with E-state index in [9.17, 15) is 5.11 Å². The molecule has 0 amide bonds. The maximum Gasteiger partial charge on any atom is 0.133 e. The maximum atomic E-state index is 10.1. The van der Waals surface area contributed by atoms with Gasteiger partial charge >= 0.3 is 0 Å². The van der Waals surface area contributed by atoms with Gasteiger partial charge in [-0.2, -0.15) is 0 Å². The van der Waals surface area contributed by atoms with Gasteiger partial charge in [-0.15, -0.1) is 0 Å². The van der Waals surface area contributed by atoms with Gasteiger partial charge in [0.05, 0.1) is 6.61 Å². The first-order valence-electron chi connectivity index (χ1n) is 8.47. The van der Waals surface area contributed by atoms with Crippen LogP contribution in [0.1, 0.15) is 55.4 Å². The molecule has 0 fully saturated rings. The van der Waals surface area contributed by atoms with Crippen molar-refractivity contribution in [2.45, 2.75) is 52.7 Å². The fourth-order valence-corrected chi connectivity index (χ4v) is 2.55. The molecule has 23 heavy (non-hydrogen) atoms. The summed E-state index contributed by atoms with van der Waals surface area (Å²) in [6.07, 6.45) is 2.54. The molecule has 1 N–H and O–H groups in total. The highest BCUT2D eigenvalue weighted by molar-refractivity contribution is 5.22. The molecule has 1 aromatic heterocycles. The molecule has 126 valence electrons. The van der Waals surface area contributed by atoms with Gasteiger partial charge in [-0.3, -0.25) is 0 Å². The summed E-state index contributed by atoms with van der Waals surface area (Å²) in [4.78, 5) is 0. The summed E-state index contributed by atoms with van der Waals surface area (Å²) >= 11 is 0. The van der Waals surface area contributed by atoms with Crippen LogP contribution in [0, 0.1) is 12.8 Å². The molecule has 1 heterocycles. The molecule has 2 rings (SSSR count). The van der Waals surface area contributed by atoms with Crippen molar-refractivity contribution in [3.05, 3.63) is 59.0 Å². The molecular formula is C20H28O3. The van der Waals surface area contributed by atoms with E-state index in [0.717, 1.165) is 31.6 Å². The predicted octanol–water partition coefficient (Wildman–Crippen LogP) is 4.82. The van der Waals surface area contributed by atoms with Crippen LogP contribution in [0.15, 0.2) is 40.8 Å². The molecule has 0 aliphatic rings. The van der Waals surface area contributed by atoms with Crippen LogP contribution < -0.4 is 0 Å². The lowest BCUT2D eigenvalue weighted by molar-refractivity contribution is 0.102. The number of rotatable bonds is 9. The summed E-state index contributed by atoms with van der Waals surface area (Å²) in [5.74, 6) is 1.78. The largest absolute Gasteiger partial charge is 0.463 e. The van der Waals surface area contributed by atoms with Crippen LogP contribution in [0.4, 0.5) is 0 Å². The fraction of sp³-hybridized carbons (Fsp3) is 0.500. The zero-order valence-corrected chi connectivity index (χ0v) is 14.4. The Morgan fingerprint density at radius 1 is 1.13 bits per heavy atom. The van der Waals surface area contributed by atoms with E-state index < -0.39 is 6.10 Å². The van der Waals surface area contributed by atoms with Crippen molar-refractivity contribution in [2.75, 3.05) is 6.61 Å². The normalized spacial score (nSPS) is 12.7. The van der Waals surface area contributed by atoms with Crippen LogP contribution in [0.5, 0.6) is 0 Å². The van der Waals surface area contributed by atoms with Gasteiger partial charge < -0.3 is 14.3 Å². The summed E-state index contributed by atoms with van der Waals surface area (Å²) in [6.45, 7) is 7.40. The number of benzene rings is 1. The first kappa shape index (κ1) is 17.8. The van der Waals surface area contributed by atoms with Crippen molar-refractivity contribution < 1.29 is 14.3 Å². The van der Waals surface area contributed by atoms with Crippen molar-refractivity contribution in [1.29, 1.82) is 0 Å². The van der Waals surface area contributed by atoms with Crippen molar-refractivity contribution in [1.82, 2.24) is 0 Å². The third kappa shape index (κ3) is 5.52. The van der Waals surface area contributed by atoms with Crippen LogP contribution >= 0.6 is 0 Å². The molecule has 0 aliphatic heterocycles. The SMILES string of the molecule is Cc1oc(C(O)C(C)C)cc1CCCCOCc1ccccc1. The van der Waals surface area contributed by atoms with Gasteiger partial charge in [-0.05, 0) is 49.3 Å². The minimum atomic E-state index is -0.517. The molecule has 1 aromatic carbocycles. The van der Waals surface area contributed by atoms with Crippen LogP contribution in [-0.4, -0.2) is 11.7 Å². The third-order valence-electron chi connectivity index (χ3n) is 4.06. The molecule has 3 nitrogen and oxygen atoms in total. The van der Waals surface area contributed by atoms with E-state index in [0.29, 0.717) is 12.4 Å². The topological polar surface area (TPSA) is 42.6 Å². The number of aliphatic hydroxyl groups excluding tert-OH is 1. The van der Waals surface area contributed by atoms with Crippen molar-refractivity contribution in [3.63, 3.8) is 0 Å². The number of aryl methyl sites for hydroxylation is 2. The molecule has 1 atom stereocenters. The molecule has 3 heteroatoms. The van der Waals surface area contributed by atoms with Gasteiger partial charge in [0.25, 0.3) is 0 Å². The summed E-state index contributed by atoms with van der Waals surface area (Å²) in [7, 11) is 0.